The Labute approximate surface area is 157 Å². The van der Waals surface area contributed by atoms with Crippen molar-refractivity contribution in [1.29, 1.82) is 0 Å². The zero-order valence-corrected chi connectivity index (χ0v) is 16.4. The van der Waals surface area contributed by atoms with Crippen molar-refractivity contribution in [3.8, 4) is 5.75 Å². The molecule has 26 heavy (non-hydrogen) atoms. The van der Waals surface area contributed by atoms with Gasteiger partial charge in [0.25, 0.3) is 0 Å². The highest BCUT2D eigenvalue weighted by Crippen LogP contribution is 2.28. The van der Waals surface area contributed by atoms with Crippen LogP contribution in [0.4, 0.5) is 0 Å². The number of ether oxygens (including phenoxy) is 1. The van der Waals surface area contributed by atoms with Gasteiger partial charge < -0.3 is 15.4 Å². The molecule has 0 bridgehead atoms. The number of hydrogen-bond donors (Lipinski definition) is 2. The van der Waals surface area contributed by atoms with E-state index in [9.17, 15) is 0 Å². The highest BCUT2D eigenvalue weighted by molar-refractivity contribution is 5.28. The summed E-state index contributed by atoms with van der Waals surface area (Å²) in [5, 5.41) is 7.48. The first-order valence-electron chi connectivity index (χ1n) is 9.46. The van der Waals surface area contributed by atoms with Crippen LogP contribution in [-0.2, 0) is 13.2 Å². The smallest absolute Gasteiger partial charge is 0.130 e. The number of piperidine rings is 1. The van der Waals surface area contributed by atoms with E-state index >= 15 is 0 Å². The van der Waals surface area contributed by atoms with Crippen molar-refractivity contribution in [2.75, 3.05) is 0 Å². The summed E-state index contributed by atoms with van der Waals surface area (Å²) in [6.07, 6.45) is 4.06. The summed E-state index contributed by atoms with van der Waals surface area (Å²) in [6, 6.07) is 14.7. The lowest BCUT2D eigenvalue weighted by Gasteiger charge is -2.46. The topological polar surface area (TPSA) is 46.2 Å². The maximum Gasteiger partial charge on any atom is 0.130 e. The Morgan fingerprint density at radius 3 is 2.54 bits per heavy atom. The van der Waals surface area contributed by atoms with Gasteiger partial charge in [0.1, 0.15) is 12.4 Å². The Kier molecular flexibility index (Phi) is 5.64. The molecular formula is C22H31N3O. The van der Waals surface area contributed by atoms with Gasteiger partial charge in [0.2, 0.25) is 0 Å². The Balaban J connectivity index is 1.55. The predicted molar refractivity (Wildman–Crippen MR) is 106 cm³/mol. The molecule has 0 aliphatic carbocycles. The lowest BCUT2D eigenvalue weighted by atomic mass is 9.79. The van der Waals surface area contributed by atoms with E-state index in [1.165, 1.54) is 5.56 Å². The summed E-state index contributed by atoms with van der Waals surface area (Å²) in [4.78, 5) is 4.30. The van der Waals surface area contributed by atoms with E-state index in [2.05, 4.69) is 61.5 Å². The van der Waals surface area contributed by atoms with Gasteiger partial charge >= 0.3 is 0 Å². The fraction of sp³-hybridized carbons (Fsp3) is 0.500. The van der Waals surface area contributed by atoms with E-state index in [0.29, 0.717) is 12.6 Å². The first-order valence-corrected chi connectivity index (χ1v) is 9.46. The van der Waals surface area contributed by atoms with Crippen molar-refractivity contribution in [3.63, 3.8) is 0 Å². The molecule has 1 aromatic heterocycles. The average Bonchev–Trinajstić information content (AvgIpc) is 2.57. The van der Waals surface area contributed by atoms with Gasteiger partial charge in [-0.1, -0.05) is 18.2 Å². The standard InChI is InChI=1S/C22H31N3O/c1-21(2)13-19(14-22(3,4)25-21)24-15-17-8-7-10-20(12-17)26-16-18-9-5-6-11-23-18/h5-12,19,24-25H,13-16H2,1-4H3. The number of pyridine rings is 1. The Hall–Kier alpha value is -1.91. The van der Waals surface area contributed by atoms with Crippen molar-refractivity contribution in [2.45, 2.75) is 70.8 Å². The van der Waals surface area contributed by atoms with Gasteiger partial charge in [-0.05, 0) is 70.4 Å². The van der Waals surface area contributed by atoms with E-state index in [1.807, 2.05) is 24.3 Å². The maximum atomic E-state index is 5.89. The van der Waals surface area contributed by atoms with Crippen molar-refractivity contribution < 1.29 is 4.74 Å². The molecule has 3 rings (SSSR count). The summed E-state index contributed by atoms with van der Waals surface area (Å²) in [7, 11) is 0. The van der Waals surface area contributed by atoms with E-state index in [4.69, 9.17) is 4.74 Å². The minimum Gasteiger partial charge on any atom is -0.487 e. The van der Waals surface area contributed by atoms with Gasteiger partial charge in [-0.2, -0.15) is 0 Å². The number of rotatable bonds is 6. The summed E-state index contributed by atoms with van der Waals surface area (Å²) in [5.41, 5.74) is 2.51. The molecule has 1 fully saturated rings. The zero-order chi connectivity index (χ0) is 18.6. The van der Waals surface area contributed by atoms with Crippen molar-refractivity contribution in [3.05, 3.63) is 59.9 Å². The number of hydrogen-bond acceptors (Lipinski definition) is 4. The number of benzene rings is 1. The molecule has 1 aromatic carbocycles. The van der Waals surface area contributed by atoms with Crippen molar-refractivity contribution >= 4 is 0 Å². The van der Waals surface area contributed by atoms with Gasteiger partial charge in [0.05, 0.1) is 5.69 Å². The van der Waals surface area contributed by atoms with Gasteiger partial charge in [-0.15, -0.1) is 0 Å². The lowest BCUT2D eigenvalue weighted by molar-refractivity contribution is 0.145. The van der Waals surface area contributed by atoms with Crippen LogP contribution >= 0.6 is 0 Å². The average molecular weight is 354 g/mol. The normalized spacial score (nSPS) is 19.2. The molecule has 0 unspecified atom stereocenters. The number of nitrogens with zero attached hydrogens (tertiary/aromatic N) is 1. The third kappa shape index (κ3) is 5.55. The van der Waals surface area contributed by atoms with E-state index < -0.39 is 0 Å². The fourth-order valence-corrected chi connectivity index (χ4v) is 4.11. The molecule has 0 atom stereocenters. The van der Waals surface area contributed by atoms with Gasteiger partial charge in [0, 0.05) is 29.9 Å². The molecular weight excluding hydrogens is 322 g/mol. The lowest BCUT2D eigenvalue weighted by Crippen LogP contribution is -2.61. The fourth-order valence-electron chi connectivity index (χ4n) is 4.11. The highest BCUT2D eigenvalue weighted by Gasteiger charge is 2.37. The van der Waals surface area contributed by atoms with Crippen LogP contribution in [0, 0.1) is 0 Å². The molecule has 2 heterocycles. The summed E-state index contributed by atoms with van der Waals surface area (Å²) in [6.45, 7) is 10.5. The van der Waals surface area contributed by atoms with Crippen LogP contribution in [0.1, 0.15) is 51.8 Å². The molecule has 4 nitrogen and oxygen atoms in total. The molecule has 1 saturated heterocycles. The second-order valence-corrected chi connectivity index (χ2v) is 8.64. The second kappa shape index (κ2) is 7.77. The summed E-state index contributed by atoms with van der Waals surface area (Å²) >= 11 is 0. The molecule has 0 spiro atoms. The quantitative estimate of drug-likeness (QED) is 0.822. The SMILES string of the molecule is CC1(C)CC(NCc2cccc(OCc3ccccn3)c2)CC(C)(C)N1. The van der Waals surface area contributed by atoms with Crippen molar-refractivity contribution in [2.24, 2.45) is 0 Å². The molecule has 0 saturated carbocycles. The first kappa shape index (κ1) is 18.9. The monoisotopic (exact) mass is 353 g/mol. The van der Waals surface area contributed by atoms with Crippen LogP contribution < -0.4 is 15.4 Å². The second-order valence-electron chi connectivity index (χ2n) is 8.64. The van der Waals surface area contributed by atoms with Gasteiger partial charge in [0.15, 0.2) is 0 Å². The summed E-state index contributed by atoms with van der Waals surface area (Å²) < 4.78 is 5.89. The third-order valence-corrected chi connectivity index (χ3v) is 4.80. The Bertz CT molecular complexity index is 696. The van der Waals surface area contributed by atoms with Crippen LogP contribution in [0.15, 0.2) is 48.7 Å². The maximum absolute atomic E-state index is 5.89. The van der Waals surface area contributed by atoms with E-state index in [0.717, 1.165) is 30.8 Å². The van der Waals surface area contributed by atoms with Crippen LogP contribution in [0.5, 0.6) is 5.75 Å². The predicted octanol–water partition coefficient (Wildman–Crippen LogP) is 4.06. The molecule has 2 aromatic rings. The van der Waals surface area contributed by atoms with Gasteiger partial charge in [-0.25, -0.2) is 0 Å². The minimum absolute atomic E-state index is 0.160. The molecule has 4 heteroatoms. The van der Waals surface area contributed by atoms with Crippen LogP contribution in [-0.4, -0.2) is 22.1 Å². The Morgan fingerprint density at radius 2 is 1.85 bits per heavy atom. The van der Waals surface area contributed by atoms with Crippen molar-refractivity contribution in [1.82, 2.24) is 15.6 Å². The van der Waals surface area contributed by atoms with E-state index in [-0.39, 0.29) is 11.1 Å². The van der Waals surface area contributed by atoms with Crippen LogP contribution in [0.3, 0.4) is 0 Å². The zero-order valence-electron chi connectivity index (χ0n) is 16.4. The molecule has 140 valence electrons. The van der Waals surface area contributed by atoms with Gasteiger partial charge in [-0.3, -0.25) is 4.98 Å². The summed E-state index contributed by atoms with van der Waals surface area (Å²) in [5.74, 6) is 0.890. The third-order valence-electron chi connectivity index (χ3n) is 4.80. The highest BCUT2D eigenvalue weighted by atomic mass is 16.5. The first-order chi connectivity index (χ1) is 12.3. The molecule has 1 aliphatic rings. The van der Waals surface area contributed by atoms with Crippen LogP contribution in [0.25, 0.3) is 0 Å². The molecule has 2 N–H and O–H groups in total. The van der Waals surface area contributed by atoms with Crippen LogP contribution in [0.2, 0.25) is 0 Å². The molecule has 0 radical (unpaired) electrons. The number of aromatic nitrogens is 1. The largest absolute Gasteiger partial charge is 0.487 e. The Morgan fingerprint density at radius 1 is 1.08 bits per heavy atom. The molecule has 0 amide bonds. The minimum atomic E-state index is 0.160. The number of nitrogens with one attached hydrogen (secondary N) is 2. The van der Waals surface area contributed by atoms with E-state index in [1.54, 1.807) is 6.20 Å². The molecule has 1 aliphatic heterocycles.